The number of benzene rings is 2. The zero-order valence-electron chi connectivity index (χ0n) is 25.5. The third-order valence-corrected chi connectivity index (χ3v) is 9.91. The monoisotopic (exact) mass is 749 g/mol. The van der Waals surface area contributed by atoms with Gasteiger partial charge in [0.05, 0.1) is 41.4 Å². The molecule has 0 fully saturated rings. The van der Waals surface area contributed by atoms with Crippen LogP contribution in [0.4, 0.5) is 0 Å². The molecule has 47 heavy (non-hydrogen) atoms. The van der Waals surface area contributed by atoms with Gasteiger partial charge in [0.2, 0.25) is 0 Å². The first-order valence-corrected chi connectivity index (χ1v) is 15.8. The number of carbonyl (C=O) groups excluding carboxylic acids is 2. The normalized spacial score (nSPS) is 18.8. The van der Waals surface area contributed by atoms with Crippen molar-refractivity contribution in [2.24, 2.45) is 7.05 Å². The van der Waals surface area contributed by atoms with Gasteiger partial charge >= 0.3 is 11.4 Å². The highest BCUT2D eigenvalue weighted by Gasteiger charge is 2.45. The first-order chi connectivity index (χ1) is 22.5. The second-order valence-electron chi connectivity index (χ2n) is 11.5. The number of aryl methyl sites for hydroxylation is 2. The molecule has 0 bridgehead atoms. The van der Waals surface area contributed by atoms with Crippen LogP contribution in [0, 0.1) is 0 Å². The number of halogens is 1. The number of phenolic OH excluding ortho intramolecular Hbond substituents is 1. The Labute approximate surface area is 279 Å². The summed E-state index contributed by atoms with van der Waals surface area (Å²) in [5, 5.41) is 10.3. The summed E-state index contributed by atoms with van der Waals surface area (Å²) in [6, 6.07) is 9.06. The molecule has 2 atom stereocenters. The van der Waals surface area contributed by atoms with Crippen LogP contribution in [0.2, 0.25) is 0 Å². The van der Waals surface area contributed by atoms with Crippen LogP contribution in [-0.4, -0.2) is 54.4 Å². The van der Waals surface area contributed by atoms with E-state index in [-0.39, 0.29) is 63.7 Å². The Morgan fingerprint density at radius 1 is 1.02 bits per heavy atom. The quantitative estimate of drug-likeness (QED) is 0.178. The lowest BCUT2D eigenvalue weighted by molar-refractivity contribution is -0.115. The van der Waals surface area contributed by atoms with E-state index in [0.29, 0.717) is 39.2 Å². The summed E-state index contributed by atoms with van der Waals surface area (Å²) in [6.07, 6.45) is 3.16. The lowest BCUT2D eigenvalue weighted by atomic mass is 9.69. The third kappa shape index (κ3) is 4.72. The second kappa shape index (κ2) is 11.4. The van der Waals surface area contributed by atoms with E-state index in [1.54, 1.807) is 37.4 Å². The first-order valence-electron chi connectivity index (χ1n) is 14.8. The molecule has 0 amide bonds. The average Bonchev–Trinajstić information content (AvgIpc) is 3.31. The maximum atomic E-state index is 14.0. The van der Waals surface area contributed by atoms with Crippen LogP contribution in [0.1, 0.15) is 29.6 Å². The molecule has 2 aromatic heterocycles. The standard InChI is InChI=1S/C33H28IN5O8/c1-36-24-15-27(47-3)26(46-2)14-22(24)35-21(31(36)43)8-9-37-32(44)38-10-7-18-23(39(38)33(37)45)12-19-25(41)13-20(34)30(42)29(19)28(18)16-5-4-6-17(40)11-16/h4-7,11,13-15,23,28,40H,8-10,12H2,1-3H3. The van der Waals surface area contributed by atoms with E-state index in [2.05, 4.69) is 4.98 Å². The molecule has 13 nitrogen and oxygen atoms in total. The maximum Gasteiger partial charge on any atom is 0.347 e. The van der Waals surface area contributed by atoms with Crippen LogP contribution in [0.5, 0.6) is 17.2 Å². The van der Waals surface area contributed by atoms with Crippen LogP contribution >= 0.6 is 22.6 Å². The zero-order chi connectivity index (χ0) is 33.3. The Balaban J connectivity index is 1.29. The number of allylic oxidation sites excluding steroid dienone is 6. The molecule has 0 spiro atoms. The number of ether oxygens (including phenoxy) is 2. The summed E-state index contributed by atoms with van der Waals surface area (Å²) in [5.41, 5.74) is 1.51. The number of fused-ring (bicyclic) bond motifs is 4. The number of carbonyl (C=O) groups is 2. The lowest BCUT2D eigenvalue weighted by Crippen LogP contribution is -2.40. The van der Waals surface area contributed by atoms with Crippen molar-refractivity contribution in [3.8, 4) is 17.2 Å². The van der Waals surface area contributed by atoms with Crippen molar-refractivity contribution in [3.63, 3.8) is 0 Å². The molecule has 0 saturated carbocycles. The van der Waals surface area contributed by atoms with Gasteiger partial charge in [-0.25, -0.2) is 28.5 Å². The summed E-state index contributed by atoms with van der Waals surface area (Å²) < 4.78 is 16.2. The number of Topliss-reactive ketones (excluding diaryl/α,β-unsaturated/α-hetero) is 1. The second-order valence-corrected chi connectivity index (χ2v) is 12.7. The van der Waals surface area contributed by atoms with E-state index in [9.17, 15) is 29.1 Å². The van der Waals surface area contributed by atoms with Crippen molar-refractivity contribution in [2.45, 2.75) is 37.9 Å². The van der Waals surface area contributed by atoms with Crippen LogP contribution in [0.3, 0.4) is 0 Å². The van der Waals surface area contributed by atoms with Gasteiger partial charge in [0.25, 0.3) is 5.56 Å². The van der Waals surface area contributed by atoms with E-state index >= 15 is 0 Å². The molecule has 3 heterocycles. The Kier molecular flexibility index (Phi) is 7.41. The van der Waals surface area contributed by atoms with E-state index in [4.69, 9.17) is 9.47 Å². The van der Waals surface area contributed by atoms with Crippen LogP contribution in [-0.2, 0) is 36.1 Å². The Bertz CT molecular complexity index is 2340. The number of ketones is 2. The molecule has 240 valence electrons. The fourth-order valence-electron chi connectivity index (χ4n) is 6.88. The lowest BCUT2D eigenvalue weighted by Gasteiger charge is -2.39. The van der Waals surface area contributed by atoms with Gasteiger partial charge in [-0.1, -0.05) is 18.2 Å². The van der Waals surface area contributed by atoms with Gasteiger partial charge in [0, 0.05) is 61.7 Å². The number of hydrogen-bond acceptors (Lipinski definition) is 9. The molecular formula is C33H28IN5O8. The fraction of sp³-hybridized carbons (Fsp3) is 0.273. The number of hydrogen-bond donors (Lipinski definition) is 1. The molecule has 2 aliphatic carbocycles. The minimum atomic E-state index is -0.730. The largest absolute Gasteiger partial charge is 0.508 e. The van der Waals surface area contributed by atoms with Crippen molar-refractivity contribution >= 4 is 45.2 Å². The summed E-state index contributed by atoms with van der Waals surface area (Å²) in [5.74, 6) is -0.431. The molecule has 1 aliphatic heterocycles. The van der Waals surface area contributed by atoms with E-state index in [0.717, 1.165) is 4.57 Å². The average molecular weight is 750 g/mol. The SMILES string of the molecule is COc1cc2nc(CCn3c(=O)n4n(c3=O)C3CC5=C(C(=O)C(I)=CC5=O)C(c5cccc(O)c5)C3=CC4)c(=O)n(C)c2cc1OC. The van der Waals surface area contributed by atoms with Crippen molar-refractivity contribution in [2.75, 3.05) is 14.2 Å². The van der Waals surface area contributed by atoms with Gasteiger partial charge < -0.3 is 19.1 Å². The third-order valence-electron chi connectivity index (χ3n) is 9.10. The topological polar surface area (TPSA) is 157 Å². The highest BCUT2D eigenvalue weighted by Crippen LogP contribution is 2.50. The predicted molar refractivity (Wildman–Crippen MR) is 178 cm³/mol. The van der Waals surface area contributed by atoms with E-state index in [1.165, 1.54) is 40.3 Å². The Hall–Kier alpha value is -4.99. The van der Waals surface area contributed by atoms with Gasteiger partial charge in [-0.15, -0.1) is 0 Å². The summed E-state index contributed by atoms with van der Waals surface area (Å²) >= 11 is 1.86. The molecule has 0 saturated heterocycles. The summed E-state index contributed by atoms with van der Waals surface area (Å²) in [4.78, 5) is 72.3. The van der Waals surface area contributed by atoms with Crippen molar-refractivity contribution in [3.05, 3.63) is 111 Å². The number of phenols is 1. The maximum absolute atomic E-state index is 14.0. The molecule has 7 rings (SSSR count). The number of aromatic nitrogens is 5. The molecule has 2 aromatic carbocycles. The Morgan fingerprint density at radius 3 is 2.49 bits per heavy atom. The molecule has 1 N–H and O–H groups in total. The van der Waals surface area contributed by atoms with Crippen LogP contribution in [0.25, 0.3) is 11.0 Å². The highest BCUT2D eigenvalue weighted by molar-refractivity contribution is 14.1. The minimum absolute atomic E-state index is 0.00148. The molecule has 0 radical (unpaired) electrons. The molecular weight excluding hydrogens is 721 g/mol. The Morgan fingerprint density at radius 2 is 1.77 bits per heavy atom. The molecule has 4 aromatic rings. The van der Waals surface area contributed by atoms with Crippen molar-refractivity contribution in [1.82, 2.24) is 23.5 Å². The van der Waals surface area contributed by atoms with Crippen molar-refractivity contribution in [1.29, 1.82) is 0 Å². The van der Waals surface area contributed by atoms with E-state index in [1.807, 2.05) is 28.7 Å². The summed E-state index contributed by atoms with van der Waals surface area (Å²) in [6.45, 7) is -0.0619. The smallest absolute Gasteiger partial charge is 0.347 e. The number of aromatic hydroxyl groups is 1. The molecule has 2 unspecified atom stereocenters. The van der Waals surface area contributed by atoms with Crippen LogP contribution in [0.15, 0.2) is 83.2 Å². The van der Waals surface area contributed by atoms with Gasteiger partial charge in [-0.3, -0.25) is 14.4 Å². The number of rotatable bonds is 6. The van der Waals surface area contributed by atoms with Gasteiger partial charge in [-0.05, 0) is 45.9 Å². The minimum Gasteiger partial charge on any atom is -0.508 e. The van der Waals surface area contributed by atoms with Gasteiger partial charge in [0.1, 0.15) is 11.4 Å². The van der Waals surface area contributed by atoms with Crippen molar-refractivity contribution < 1.29 is 24.2 Å². The fourth-order valence-corrected chi connectivity index (χ4v) is 7.45. The molecule has 3 aliphatic rings. The van der Waals surface area contributed by atoms with Gasteiger partial charge in [-0.2, -0.15) is 0 Å². The first kappa shape index (κ1) is 30.7. The van der Waals surface area contributed by atoms with Crippen LogP contribution < -0.4 is 26.4 Å². The van der Waals surface area contributed by atoms with Gasteiger partial charge in [0.15, 0.2) is 23.1 Å². The number of methoxy groups -OCH3 is 2. The highest BCUT2D eigenvalue weighted by atomic mass is 127. The zero-order valence-corrected chi connectivity index (χ0v) is 27.7. The van der Waals surface area contributed by atoms with E-state index < -0.39 is 23.3 Å². The summed E-state index contributed by atoms with van der Waals surface area (Å²) in [7, 11) is 4.60. The predicted octanol–water partition coefficient (Wildman–Crippen LogP) is 2.46. The molecule has 14 heteroatoms. The number of nitrogens with zero attached hydrogens (tertiary/aromatic N) is 5.